The van der Waals surface area contributed by atoms with Crippen LogP contribution < -0.4 is 5.32 Å². The summed E-state index contributed by atoms with van der Waals surface area (Å²) in [7, 11) is -3.17. The Kier molecular flexibility index (Phi) is 4.83. The molecule has 0 heterocycles. The molecule has 1 aromatic carbocycles. The van der Waals surface area contributed by atoms with Crippen molar-refractivity contribution in [2.24, 2.45) is 5.92 Å². The van der Waals surface area contributed by atoms with E-state index in [0.717, 1.165) is 25.1 Å². The standard InChI is InChI=1S/C17H24N2O4S/c1-24(22,23)16-6-4-13(5-7-16)18-14-8-15(9-14)19(11-17(20)21)10-12-2-3-12/h4-7,12,14-15,18H,2-3,8-11H2,1H3,(H,20,21). The third-order valence-electron chi connectivity index (χ3n) is 4.81. The molecular formula is C17H24N2O4S. The first-order valence-electron chi connectivity index (χ1n) is 8.34. The molecular weight excluding hydrogens is 328 g/mol. The highest BCUT2D eigenvalue weighted by Crippen LogP contribution is 2.34. The van der Waals surface area contributed by atoms with Crippen molar-refractivity contribution in [3.63, 3.8) is 0 Å². The van der Waals surface area contributed by atoms with Gasteiger partial charge in [0.15, 0.2) is 9.84 Å². The zero-order chi connectivity index (χ0) is 17.3. The lowest BCUT2D eigenvalue weighted by Gasteiger charge is -2.43. The molecule has 3 rings (SSSR count). The van der Waals surface area contributed by atoms with Gasteiger partial charge in [-0.05, 0) is 55.9 Å². The van der Waals surface area contributed by atoms with Crippen molar-refractivity contribution in [3.8, 4) is 0 Å². The van der Waals surface area contributed by atoms with Gasteiger partial charge in [-0.1, -0.05) is 0 Å². The van der Waals surface area contributed by atoms with Crippen LogP contribution in [-0.4, -0.2) is 55.8 Å². The van der Waals surface area contributed by atoms with Crippen molar-refractivity contribution in [2.75, 3.05) is 24.7 Å². The maximum atomic E-state index is 11.5. The number of benzene rings is 1. The average Bonchev–Trinajstić information content (AvgIpc) is 3.25. The number of carboxylic acids is 1. The number of hydrogen-bond donors (Lipinski definition) is 2. The first kappa shape index (κ1) is 17.2. The van der Waals surface area contributed by atoms with Crippen molar-refractivity contribution in [1.82, 2.24) is 4.90 Å². The number of nitrogens with zero attached hydrogens (tertiary/aromatic N) is 1. The van der Waals surface area contributed by atoms with Crippen molar-refractivity contribution in [2.45, 2.75) is 42.7 Å². The molecule has 0 radical (unpaired) electrons. The fourth-order valence-corrected chi connectivity index (χ4v) is 3.82. The molecule has 0 saturated heterocycles. The average molecular weight is 352 g/mol. The van der Waals surface area contributed by atoms with E-state index in [1.165, 1.54) is 19.1 Å². The second-order valence-corrected chi connectivity index (χ2v) is 9.05. The summed E-state index contributed by atoms with van der Waals surface area (Å²) in [6, 6.07) is 7.42. The second-order valence-electron chi connectivity index (χ2n) is 7.03. The van der Waals surface area contributed by atoms with E-state index in [1.54, 1.807) is 24.3 Å². The minimum Gasteiger partial charge on any atom is -0.480 e. The van der Waals surface area contributed by atoms with Gasteiger partial charge in [-0.2, -0.15) is 0 Å². The van der Waals surface area contributed by atoms with Crippen molar-refractivity contribution < 1.29 is 18.3 Å². The zero-order valence-corrected chi connectivity index (χ0v) is 14.6. The van der Waals surface area contributed by atoms with Crippen LogP contribution in [0.5, 0.6) is 0 Å². The SMILES string of the molecule is CS(=O)(=O)c1ccc(NC2CC(N(CC(=O)O)CC3CC3)C2)cc1. The molecule has 0 aromatic heterocycles. The van der Waals surface area contributed by atoms with Crippen LogP contribution in [0.2, 0.25) is 0 Å². The molecule has 0 aliphatic heterocycles. The molecule has 2 aliphatic carbocycles. The summed E-state index contributed by atoms with van der Waals surface area (Å²) in [5, 5.41) is 12.5. The molecule has 2 fully saturated rings. The summed E-state index contributed by atoms with van der Waals surface area (Å²) in [6.07, 6.45) is 5.49. The molecule has 0 bridgehead atoms. The van der Waals surface area contributed by atoms with Crippen molar-refractivity contribution >= 4 is 21.5 Å². The second kappa shape index (κ2) is 6.72. The zero-order valence-electron chi connectivity index (χ0n) is 13.8. The quantitative estimate of drug-likeness (QED) is 0.742. The van der Waals surface area contributed by atoms with Gasteiger partial charge in [-0.3, -0.25) is 9.69 Å². The number of sulfone groups is 1. The Balaban J connectivity index is 1.51. The Morgan fingerprint density at radius 3 is 2.38 bits per heavy atom. The van der Waals surface area contributed by atoms with Crippen LogP contribution in [0, 0.1) is 5.92 Å². The Hall–Kier alpha value is -1.60. The van der Waals surface area contributed by atoms with Crippen LogP contribution in [0.4, 0.5) is 5.69 Å². The van der Waals surface area contributed by atoms with Crippen LogP contribution >= 0.6 is 0 Å². The van der Waals surface area contributed by atoms with Gasteiger partial charge in [0.05, 0.1) is 11.4 Å². The molecule has 0 atom stereocenters. The lowest BCUT2D eigenvalue weighted by atomic mass is 9.85. The summed E-state index contributed by atoms with van der Waals surface area (Å²) in [5.74, 6) is -0.0803. The van der Waals surface area contributed by atoms with Gasteiger partial charge in [0.2, 0.25) is 0 Å². The van der Waals surface area contributed by atoms with Crippen molar-refractivity contribution in [1.29, 1.82) is 0 Å². The summed E-state index contributed by atoms with van der Waals surface area (Å²) in [5.41, 5.74) is 0.901. The lowest BCUT2D eigenvalue weighted by Crippen LogP contribution is -2.52. The van der Waals surface area contributed by atoms with Gasteiger partial charge in [0, 0.05) is 30.6 Å². The smallest absolute Gasteiger partial charge is 0.317 e. The van der Waals surface area contributed by atoms with Crippen LogP contribution in [0.1, 0.15) is 25.7 Å². The van der Waals surface area contributed by atoms with E-state index in [2.05, 4.69) is 10.2 Å². The number of nitrogens with one attached hydrogen (secondary N) is 1. The van der Waals surface area contributed by atoms with Crippen LogP contribution in [0.25, 0.3) is 0 Å². The Labute approximate surface area is 142 Å². The highest BCUT2D eigenvalue weighted by molar-refractivity contribution is 7.90. The monoisotopic (exact) mass is 352 g/mol. The highest BCUT2D eigenvalue weighted by Gasteiger charge is 2.37. The van der Waals surface area contributed by atoms with Crippen LogP contribution in [0.3, 0.4) is 0 Å². The topological polar surface area (TPSA) is 86.7 Å². The van der Waals surface area contributed by atoms with E-state index in [-0.39, 0.29) is 6.54 Å². The van der Waals surface area contributed by atoms with E-state index in [9.17, 15) is 13.2 Å². The first-order chi connectivity index (χ1) is 11.3. The molecule has 7 heteroatoms. The maximum Gasteiger partial charge on any atom is 0.317 e. The highest BCUT2D eigenvalue weighted by atomic mass is 32.2. The number of carbonyl (C=O) groups is 1. The van der Waals surface area contributed by atoms with E-state index in [1.807, 2.05) is 0 Å². The number of anilines is 1. The Morgan fingerprint density at radius 2 is 1.88 bits per heavy atom. The molecule has 2 saturated carbocycles. The summed E-state index contributed by atoms with van der Waals surface area (Å²) in [6.45, 7) is 1.02. The molecule has 2 N–H and O–H groups in total. The van der Waals surface area contributed by atoms with E-state index >= 15 is 0 Å². The molecule has 0 amide bonds. The summed E-state index contributed by atoms with van der Waals surface area (Å²) < 4.78 is 22.9. The predicted octanol–water partition coefficient (Wildman–Crippen LogP) is 1.83. The van der Waals surface area contributed by atoms with Gasteiger partial charge < -0.3 is 10.4 Å². The number of aliphatic carboxylic acids is 1. The minimum atomic E-state index is -3.17. The summed E-state index contributed by atoms with van der Waals surface area (Å²) >= 11 is 0. The molecule has 0 spiro atoms. The third kappa shape index (κ3) is 4.48. The molecule has 0 unspecified atom stereocenters. The van der Waals surface area contributed by atoms with Gasteiger partial charge in [0.1, 0.15) is 0 Å². The fourth-order valence-electron chi connectivity index (χ4n) is 3.19. The summed E-state index contributed by atoms with van der Waals surface area (Å²) in [4.78, 5) is 13.5. The lowest BCUT2D eigenvalue weighted by molar-refractivity contribution is -0.139. The van der Waals surface area contributed by atoms with E-state index in [0.29, 0.717) is 22.9 Å². The first-order valence-corrected chi connectivity index (χ1v) is 10.2. The van der Waals surface area contributed by atoms with E-state index in [4.69, 9.17) is 5.11 Å². The van der Waals surface area contributed by atoms with Crippen molar-refractivity contribution in [3.05, 3.63) is 24.3 Å². The molecule has 132 valence electrons. The minimum absolute atomic E-state index is 0.122. The number of rotatable bonds is 8. The molecule has 1 aromatic rings. The fraction of sp³-hybridized carbons (Fsp3) is 0.588. The number of hydrogen-bond acceptors (Lipinski definition) is 5. The Morgan fingerprint density at radius 1 is 1.25 bits per heavy atom. The van der Waals surface area contributed by atoms with E-state index < -0.39 is 15.8 Å². The van der Waals surface area contributed by atoms with Gasteiger partial charge in [-0.25, -0.2) is 8.42 Å². The van der Waals surface area contributed by atoms with Gasteiger partial charge in [0.25, 0.3) is 0 Å². The Bertz CT molecular complexity index is 692. The largest absolute Gasteiger partial charge is 0.480 e. The van der Waals surface area contributed by atoms with Crippen LogP contribution in [0.15, 0.2) is 29.2 Å². The third-order valence-corrected chi connectivity index (χ3v) is 5.94. The molecule has 6 nitrogen and oxygen atoms in total. The maximum absolute atomic E-state index is 11.5. The van der Waals surface area contributed by atoms with Gasteiger partial charge >= 0.3 is 5.97 Å². The molecule has 2 aliphatic rings. The number of carboxylic acid groups (broad SMARTS) is 1. The normalized spacial score (nSPS) is 23.8. The predicted molar refractivity (Wildman–Crippen MR) is 91.9 cm³/mol. The van der Waals surface area contributed by atoms with Gasteiger partial charge in [-0.15, -0.1) is 0 Å². The molecule has 24 heavy (non-hydrogen) atoms. The van der Waals surface area contributed by atoms with Crippen LogP contribution in [-0.2, 0) is 14.6 Å².